The van der Waals surface area contributed by atoms with Crippen molar-refractivity contribution in [1.29, 1.82) is 0 Å². The molecule has 0 heterocycles. The van der Waals surface area contributed by atoms with Crippen molar-refractivity contribution in [2.45, 2.75) is 19.4 Å². The first kappa shape index (κ1) is 14.1. The number of nitrogens with two attached hydrogens (primary N) is 1. The molecule has 0 unspecified atom stereocenters. The lowest BCUT2D eigenvalue weighted by atomic mass is 10.2. The molecule has 0 amide bonds. The Kier molecular flexibility index (Phi) is 7.44. The number of benzene rings is 1. The first-order chi connectivity index (χ1) is 7.56. The quantitative estimate of drug-likeness (QED) is 0.711. The summed E-state index contributed by atoms with van der Waals surface area (Å²) >= 11 is 0. The van der Waals surface area contributed by atoms with Gasteiger partial charge in [0, 0.05) is 6.54 Å². The van der Waals surface area contributed by atoms with Crippen LogP contribution in [0, 0.1) is 0 Å². The number of carboxylic acids is 2. The van der Waals surface area contributed by atoms with E-state index >= 15 is 0 Å². The Morgan fingerprint density at radius 2 is 1.44 bits per heavy atom. The first-order valence-corrected chi connectivity index (χ1v) is 4.74. The lowest BCUT2D eigenvalue weighted by Gasteiger charge is -1.90. The van der Waals surface area contributed by atoms with E-state index in [9.17, 15) is 9.59 Å². The summed E-state index contributed by atoms with van der Waals surface area (Å²) in [5.74, 6) is -2.15. The van der Waals surface area contributed by atoms with Gasteiger partial charge in [-0.05, 0) is 5.56 Å². The van der Waals surface area contributed by atoms with Gasteiger partial charge in [0.2, 0.25) is 0 Å². The van der Waals surface area contributed by atoms with Gasteiger partial charge in [0.25, 0.3) is 0 Å². The van der Waals surface area contributed by atoms with Crippen LogP contribution in [-0.4, -0.2) is 22.2 Å². The van der Waals surface area contributed by atoms with Crippen molar-refractivity contribution in [2.75, 3.05) is 0 Å². The zero-order valence-corrected chi connectivity index (χ0v) is 8.80. The first-order valence-electron chi connectivity index (χ1n) is 4.74. The molecule has 1 aromatic carbocycles. The molecule has 0 fully saturated rings. The molecular weight excluding hydrogens is 210 g/mol. The monoisotopic (exact) mass is 225 g/mol. The molecule has 88 valence electrons. The van der Waals surface area contributed by atoms with Crippen LogP contribution in [0.15, 0.2) is 30.3 Å². The standard InChI is InChI=1S/C7H9N.C4H6O4/c8-6-7-4-2-1-3-5-7;5-3(6)1-2-4(7)8/h1-5H,6,8H2;1-2H2,(H,5,6)(H,7,8). The van der Waals surface area contributed by atoms with Crippen molar-refractivity contribution in [3.63, 3.8) is 0 Å². The Morgan fingerprint density at radius 1 is 1.00 bits per heavy atom. The number of hydrogen-bond acceptors (Lipinski definition) is 3. The molecule has 1 aromatic rings. The van der Waals surface area contributed by atoms with Gasteiger partial charge in [-0.2, -0.15) is 0 Å². The van der Waals surface area contributed by atoms with Crippen molar-refractivity contribution in [2.24, 2.45) is 5.73 Å². The molecule has 5 heteroatoms. The summed E-state index contributed by atoms with van der Waals surface area (Å²) in [6.45, 7) is 0.640. The maximum absolute atomic E-state index is 9.64. The summed E-state index contributed by atoms with van der Waals surface area (Å²) in [7, 11) is 0. The second-order valence-corrected chi connectivity index (χ2v) is 2.98. The Labute approximate surface area is 93.5 Å². The Bertz CT molecular complexity index is 310. The topological polar surface area (TPSA) is 101 Å². The number of carbonyl (C=O) groups is 2. The highest BCUT2D eigenvalue weighted by atomic mass is 16.4. The zero-order chi connectivity index (χ0) is 12.4. The van der Waals surface area contributed by atoms with Crippen molar-refractivity contribution < 1.29 is 19.8 Å². The highest BCUT2D eigenvalue weighted by Crippen LogP contribution is 1.94. The number of carboxylic acid groups (broad SMARTS) is 2. The number of hydrogen-bond donors (Lipinski definition) is 3. The minimum absolute atomic E-state index is 0.296. The van der Waals surface area contributed by atoms with Crippen molar-refractivity contribution in [3.05, 3.63) is 35.9 Å². The zero-order valence-electron chi connectivity index (χ0n) is 8.80. The van der Waals surface area contributed by atoms with Gasteiger partial charge in [0.1, 0.15) is 0 Å². The third-order valence-corrected chi connectivity index (χ3v) is 1.63. The van der Waals surface area contributed by atoms with Gasteiger partial charge in [-0.25, -0.2) is 0 Å². The van der Waals surface area contributed by atoms with Crippen LogP contribution in [0.25, 0.3) is 0 Å². The lowest BCUT2D eigenvalue weighted by molar-refractivity contribution is -0.143. The summed E-state index contributed by atoms with van der Waals surface area (Å²) < 4.78 is 0. The van der Waals surface area contributed by atoms with Gasteiger partial charge in [0.05, 0.1) is 12.8 Å². The van der Waals surface area contributed by atoms with Gasteiger partial charge in [-0.1, -0.05) is 30.3 Å². The van der Waals surface area contributed by atoms with Gasteiger partial charge in [-0.15, -0.1) is 0 Å². The third-order valence-electron chi connectivity index (χ3n) is 1.63. The second-order valence-electron chi connectivity index (χ2n) is 2.98. The molecule has 0 saturated carbocycles. The Hall–Kier alpha value is -1.88. The molecular formula is C11H15NO4. The van der Waals surface area contributed by atoms with E-state index in [1.165, 1.54) is 5.56 Å². The average molecular weight is 225 g/mol. The van der Waals surface area contributed by atoms with Crippen LogP contribution in [0.3, 0.4) is 0 Å². The van der Waals surface area contributed by atoms with Crippen molar-refractivity contribution in [3.8, 4) is 0 Å². The summed E-state index contributed by atoms with van der Waals surface area (Å²) in [5.41, 5.74) is 6.54. The average Bonchev–Trinajstić information content (AvgIpc) is 2.28. The maximum Gasteiger partial charge on any atom is 0.303 e. The summed E-state index contributed by atoms with van der Waals surface area (Å²) in [6.07, 6.45) is -0.593. The maximum atomic E-state index is 9.64. The largest absolute Gasteiger partial charge is 0.481 e. The minimum atomic E-state index is -1.08. The molecule has 0 radical (unpaired) electrons. The van der Waals surface area contributed by atoms with E-state index in [1.54, 1.807) is 0 Å². The van der Waals surface area contributed by atoms with Crippen LogP contribution >= 0.6 is 0 Å². The Balaban J connectivity index is 0.000000281. The summed E-state index contributed by atoms with van der Waals surface area (Å²) in [4.78, 5) is 19.3. The van der Waals surface area contributed by atoms with Crippen LogP contribution in [0.2, 0.25) is 0 Å². The Morgan fingerprint density at radius 3 is 1.69 bits per heavy atom. The van der Waals surface area contributed by atoms with Gasteiger partial charge < -0.3 is 15.9 Å². The minimum Gasteiger partial charge on any atom is -0.481 e. The van der Waals surface area contributed by atoms with Crippen molar-refractivity contribution in [1.82, 2.24) is 0 Å². The van der Waals surface area contributed by atoms with E-state index in [4.69, 9.17) is 15.9 Å². The second kappa shape index (κ2) is 8.43. The van der Waals surface area contributed by atoms with Crippen molar-refractivity contribution >= 4 is 11.9 Å². The molecule has 5 nitrogen and oxygen atoms in total. The van der Waals surface area contributed by atoms with E-state index in [0.29, 0.717) is 6.54 Å². The predicted molar refractivity (Wildman–Crippen MR) is 58.8 cm³/mol. The summed E-state index contributed by atoms with van der Waals surface area (Å²) in [6, 6.07) is 9.99. The smallest absolute Gasteiger partial charge is 0.303 e. The molecule has 0 aliphatic rings. The SMILES string of the molecule is NCc1ccccc1.O=C(O)CCC(=O)O. The number of rotatable bonds is 4. The highest BCUT2D eigenvalue weighted by Gasteiger charge is 2.00. The van der Waals surface area contributed by atoms with Gasteiger partial charge >= 0.3 is 11.9 Å². The lowest BCUT2D eigenvalue weighted by Crippen LogP contribution is -2.00. The molecule has 0 spiro atoms. The number of aliphatic carboxylic acids is 2. The van der Waals surface area contributed by atoms with Crippen LogP contribution in [0.5, 0.6) is 0 Å². The van der Waals surface area contributed by atoms with Gasteiger partial charge in [0.15, 0.2) is 0 Å². The van der Waals surface area contributed by atoms with E-state index in [0.717, 1.165) is 0 Å². The fourth-order valence-electron chi connectivity index (χ4n) is 0.828. The van der Waals surface area contributed by atoms with Crippen LogP contribution < -0.4 is 5.73 Å². The molecule has 16 heavy (non-hydrogen) atoms. The molecule has 0 atom stereocenters. The molecule has 0 saturated heterocycles. The highest BCUT2D eigenvalue weighted by molar-refractivity contribution is 5.75. The summed E-state index contributed by atoms with van der Waals surface area (Å²) in [5, 5.41) is 15.8. The molecule has 0 bridgehead atoms. The molecule has 4 N–H and O–H groups in total. The fraction of sp³-hybridized carbons (Fsp3) is 0.273. The molecule has 1 rings (SSSR count). The molecule has 0 aromatic heterocycles. The predicted octanol–water partition coefficient (Wildman–Crippen LogP) is 1.08. The molecule has 0 aliphatic carbocycles. The third kappa shape index (κ3) is 8.71. The van der Waals surface area contributed by atoms with E-state index in [1.807, 2.05) is 30.3 Å². The van der Waals surface area contributed by atoms with Crippen LogP contribution in [0.1, 0.15) is 18.4 Å². The van der Waals surface area contributed by atoms with E-state index in [-0.39, 0.29) is 12.8 Å². The van der Waals surface area contributed by atoms with Gasteiger partial charge in [-0.3, -0.25) is 9.59 Å². The fourth-order valence-corrected chi connectivity index (χ4v) is 0.828. The normalized spacial score (nSPS) is 8.81. The van der Waals surface area contributed by atoms with Crippen LogP contribution in [0.4, 0.5) is 0 Å². The molecule has 0 aliphatic heterocycles. The van der Waals surface area contributed by atoms with E-state index < -0.39 is 11.9 Å². The van der Waals surface area contributed by atoms with E-state index in [2.05, 4.69) is 0 Å². The van der Waals surface area contributed by atoms with Crippen LogP contribution in [-0.2, 0) is 16.1 Å².